The second-order valence-electron chi connectivity index (χ2n) is 3.78. The van der Waals surface area contributed by atoms with Gasteiger partial charge in [0, 0.05) is 6.54 Å². The van der Waals surface area contributed by atoms with Crippen molar-refractivity contribution in [1.82, 2.24) is 5.32 Å². The van der Waals surface area contributed by atoms with Crippen LogP contribution in [0, 0.1) is 0 Å². The molecule has 1 atom stereocenters. The quantitative estimate of drug-likeness (QED) is 0.865. The molecular weight excluding hydrogens is 321 g/mol. The molecule has 2 rings (SSSR count). The summed E-state index contributed by atoms with van der Waals surface area (Å²) in [6.07, 6.45) is 0. The fourth-order valence-electron chi connectivity index (χ4n) is 1.69. The lowest BCUT2D eigenvalue weighted by molar-refractivity contribution is -0.120. The summed E-state index contributed by atoms with van der Waals surface area (Å²) >= 11 is 9.51. The van der Waals surface area contributed by atoms with Crippen molar-refractivity contribution < 1.29 is 14.3 Å². The SMILES string of the molecule is CCNC(=O)C(Cl)c1cc(Br)c2c(c1)OCCO2. The maximum Gasteiger partial charge on any atom is 0.242 e. The molecule has 6 heteroatoms. The highest BCUT2D eigenvalue weighted by molar-refractivity contribution is 9.10. The van der Waals surface area contributed by atoms with Gasteiger partial charge in [-0.3, -0.25) is 4.79 Å². The Kier molecular flexibility index (Phi) is 4.35. The van der Waals surface area contributed by atoms with Crippen molar-refractivity contribution in [2.45, 2.75) is 12.3 Å². The smallest absolute Gasteiger partial charge is 0.242 e. The summed E-state index contributed by atoms with van der Waals surface area (Å²) in [6, 6.07) is 3.52. The summed E-state index contributed by atoms with van der Waals surface area (Å²) in [6.45, 7) is 3.41. The van der Waals surface area contributed by atoms with Gasteiger partial charge in [0.1, 0.15) is 18.6 Å². The Hall–Kier alpha value is -0.940. The average molecular weight is 335 g/mol. The molecule has 1 aromatic carbocycles. The third-order valence-electron chi connectivity index (χ3n) is 2.49. The van der Waals surface area contributed by atoms with Crippen LogP contribution in [0.2, 0.25) is 0 Å². The van der Waals surface area contributed by atoms with Gasteiger partial charge in [-0.05, 0) is 40.5 Å². The van der Waals surface area contributed by atoms with Crippen molar-refractivity contribution in [3.63, 3.8) is 0 Å². The van der Waals surface area contributed by atoms with Gasteiger partial charge in [0.05, 0.1) is 4.47 Å². The molecule has 0 aromatic heterocycles. The van der Waals surface area contributed by atoms with Crippen LogP contribution in [0.3, 0.4) is 0 Å². The monoisotopic (exact) mass is 333 g/mol. The molecule has 98 valence electrons. The third-order valence-corrected chi connectivity index (χ3v) is 3.53. The fourth-order valence-corrected chi connectivity index (χ4v) is 2.47. The highest BCUT2D eigenvalue weighted by atomic mass is 79.9. The van der Waals surface area contributed by atoms with E-state index < -0.39 is 5.38 Å². The molecule has 1 aromatic rings. The van der Waals surface area contributed by atoms with E-state index in [0.717, 1.165) is 4.47 Å². The number of rotatable bonds is 3. The summed E-state index contributed by atoms with van der Waals surface area (Å²) in [5, 5.41) is 1.95. The standard InChI is InChI=1S/C12H13BrClNO3/c1-2-15-12(16)10(14)7-5-8(13)11-9(6-7)17-3-4-18-11/h5-6,10H,2-4H2,1H3,(H,15,16). The number of amides is 1. The summed E-state index contributed by atoms with van der Waals surface area (Å²) in [5.41, 5.74) is 0.679. The number of benzene rings is 1. The highest BCUT2D eigenvalue weighted by Crippen LogP contribution is 2.40. The number of likely N-dealkylation sites (N-methyl/N-ethyl adjacent to an activating group) is 1. The molecule has 1 N–H and O–H groups in total. The normalized spacial score (nSPS) is 15.1. The molecule has 1 heterocycles. The van der Waals surface area contributed by atoms with Crippen molar-refractivity contribution >= 4 is 33.4 Å². The molecule has 1 aliphatic heterocycles. The Bertz CT molecular complexity index is 467. The number of ether oxygens (including phenoxy) is 2. The van der Waals surface area contributed by atoms with E-state index in [0.29, 0.717) is 36.8 Å². The molecule has 1 amide bonds. The second-order valence-corrected chi connectivity index (χ2v) is 5.07. The minimum atomic E-state index is -0.739. The van der Waals surface area contributed by atoms with Gasteiger partial charge in [0.15, 0.2) is 11.5 Å². The van der Waals surface area contributed by atoms with Crippen LogP contribution in [-0.4, -0.2) is 25.7 Å². The first kappa shape index (κ1) is 13.5. The van der Waals surface area contributed by atoms with E-state index in [1.165, 1.54) is 0 Å². The zero-order valence-corrected chi connectivity index (χ0v) is 12.2. The minimum Gasteiger partial charge on any atom is -0.486 e. The zero-order valence-electron chi connectivity index (χ0n) is 9.83. The number of halogens is 2. The number of hydrogen-bond donors (Lipinski definition) is 1. The van der Waals surface area contributed by atoms with Gasteiger partial charge in [-0.1, -0.05) is 0 Å². The number of alkyl halides is 1. The predicted octanol–water partition coefficient (Wildman–Crippen LogP) is 2.64. The molecular formula is C12H13BrClNO3. The molecule has 0 bridgehead atoms. The van der Waals surface area contributed by atoms with Crippen LogP contribution in [0.1, 0.15) is 17.9 Å². The third kappa shape index (κ3) is 2.72. The lowest BCUT2D eigenvalue weighted by Gasteiger charge is -2.21. The van der Waals surface area contributed by atoms with Crippen molar-refractivity contribution in [1.29, 1.82) is 0 Å². The van der Waals surface area contributed by atoms with Crippen molar-refractivity contribution in [3.05, 3.63) is 22.2 Å². The van der Waals surface area contributed by atoms with E-state index in [1.807, 2.05) is 6.92 Å². The molecule has 0 spiro atoms. The zero-order chi connectivity index (χ0) is 13.1. The Morgan fingerprint density at radius 2 is 2.22 bits per heavy atom. The summed E-state index contributed by atoms with van der Waals surface area (Å²) in [4.78, 5) is 11.7. The van der Waals surface area contributed by atoms with E-state index in [2.05, 4.69) is 21.2 Å². The van der Waals surface area contributed by atoms with Gasteiger partial charge in [0.25, 0.3) is 0 Å². The van der Waals surface area contributed by atoms with E-state index in [-0.39, 0.29) is 5.91 Å². The molecule has 0 fully saturated rings. The van der Waals surface area contributed by atoms with Crippen molar-refractivity contribution in [2.75, 3.05) is 19.8 Å². The molecule has 1 unspecified atom stereocenters. The Balaban J connectivity index is 2.29. The fraction of sp³-hybridized carbons (Fsp3) is 0.417. The molecule has 0 saturated heterocycles. The first-order valence-electron chi connectivity index (χ1n) is 5.64. The Morgan fingerprint density at radius 1 is 1.50 bits per heavy atom. The van der Waals surface area contributed by atoms with Gasteiger partial charge >= 0.3 is 0 Å². The number of carbonyl (C=O) groups excluding carboxylic acids is 1. The van der Waals surface area contributed by atoms with Crippen LogP contribution in [0.15, 0.2) is 16.6 Å². The van der Waals surface area contributed by atoms with Crippen LogP contribution in [0.25, 0.3) is 0 Å². The molecule has 18 heavy (non-hydrogen) atoms. The number of hydrogen-bond acceptors (Lipinski definition) is 3. The van der Waals surface area contributed by atoms with E-state index >= 15 is 0 Å². The van der Waals surface area contributed by atoms with Crippen molar-refractivity contribution in [3.8, 4) is 11.5 Å². The van der Waals surface area contributed by atoms with Gasteiger partial charge in [-0.15, -0.1) is 11.6 Å². The maximum atomic E-state index is 11.7. The van der Waals surface area contributed by atoms with E-state index in [9.17, 15) is 4.79 Å². The first-order chi connectivity index (χ1) is 8.63. The van der Waals surface area contributed by atoms with Crippen LogP contribution in [0.5, 0.6) is 11.5 Å². The topological polar surface area (TPSA) is 47.6 Å². The van der Waals surface area contributed by atoms with Gasteiger partial charge in [-0.25, -0.2) is 0 Å². The maximum absolute atomic E-state index is 11.7. The largest absolute Gasteiger partial charge is 0.486 e. The minimum absolute atomic E-state index is 0.220. The molecule has 1 aliphatic rings. The van der Waals surface area contributed by atoms with Crippen molar-refractivity contribution in [2.24, 2.45) is 0 Å². The lowest BCUT2D eigenvalue weighted by atomic mass is 10.1. The number of nitrogens with one attached hydrogen (secondary N) is 1. The number of fused-ring (bicyclic) bond motifs is 1. The van der Waals surface area contributed by atoms with Crippen LogP contribution in [0.4, 0.5) is 0 Å². The van der Waals surface area contributed by atoms with Gasteiger partial charge in [0.2, 0.25) is 5.91 Å². The summed E-state index contributed by atoms with van der Waals surface area (Å²) < 4.78 is 11.7. The van der Waals surface area contributed by atoms with E-state index in [1.54, 1.807) is 12.1 Å². The molecule has 4 nitrogen and oxygen atoms in total. The predicted molar refractivity (Wildman–Crippen MR) is 72.4 cm³/mol. The highest BCUT2D eigenvalue weighted by Gasteiger charge is 2.22. The molecule has 0 radical (unpaired) electrons. The van der Waals surface area contributed by atoms with Crippen LogP contribution in [-0.2, 0) is 4.79 Å². The van der Waals surface area contributed by atoms with Gasteiger partial charge < -0.3 is 14.8 Å². The lowest BCUT2D eigenvalue weighted by Crippen LogP contribution is -2.26. The average Bonchev–Trinajstić information content (AvgIpc) is 2.38. The Labute approximate surface area is 119 Å². The summed E-state index contributed by atoms with van der Waals surface area (Å²) in [7, 11) is 0. The van der Waals surface area contributed by atoms with E-state index in [4.69, 9.17) is 21.1 Å². The first-order valence-corrected chi connectivity index (χ1v) is 6.87. The van der Waals surface area contributed by atoms with Gasteiger partial charge in [-0.2, -0.15) is 0 Å². The molecule has 0 saturated carbocycles. The van der Waals surface area contributed by atoms with Crippen LogP contribution < -0.4 is 14.8 Å². The molecule has 0 aliphatic carbocycles. The summed E-state index contributed by atoms with van der Waals surface area (Å²) in [5.74, 6) is 1.05. The number of carbonyl (C=O) groups is 1. The Morgan fingerprint density at radius 3 is 2.94 bits per heavy atom. The van der Waals surface area contributed by atoms with Crippen LogP contribution >= 0.6 is 27.5 Å². The second kappa shape index (κ2) is 5.80.